The molecule has 0 spiro atoms. The summed E-state index contributed by atoms with van der Waals surface area (Å²) in [6.07, 6.45) is -4.35. The van der Waals surface area contributed by atoms with Crippen molar-refractivity contribution in [2.45, 2.75) is 25.9 Å². The fourth-order valence-electron chi connectivity index (χ4n) is 1.40. The predicted molar refractivity (Wildman–Crippen MR) is 43.8 cm³/mol. The Kier molecular flexibility index (Phi) is 2.84. The molecule has 3 nitrogen and oxygen atoms in total. The molecule has 0 radical (unpaired) electrons. The maximum Gasteiger partial charge on any atom is 0.397 e. The molecular formula is C8H11F3N2O. The molecule has 1 unspecified atom stereocenters. The summed E-state index contributed by atoms with van der Waals surface area (Å²) in [7, 11) is 0. The first-order valence-corrected chi connectivity index (χ1v) is 4.07. The van der Waals surface area contributed by atoms with E-state index in [1.54, 1.807) is 0 Å². The molecule has 0 aromatic carbocycles. The molecule has 2 N–H and O–H groups in total. The molecule has 1 atom stereocenters. The summed E-state index contributed by atoms with van der Waals surface area (Å²) in [6.45, 7) is 2.43. The van der Waals surface area contributed by atoms with Crippen LogP contribution in [0.2, 0.25) is 0 Å². The number of aromatic nitrogens is 1. The molecule has 1 heterocycles. The Hall–Kier alpha value is -1.04. The number of aryl methyl sites for hydroxylation is 2. The van der Waals surface area contributed by atoms with Gasteiger partial charge in [0.2, 0.25) is 0 Å². The highest BCUT2D eigenvalue weighted by atomic mass is 19.4. The highest BCUT2D eigenvalue weighted by molar-refractivity contribution is 5.27. The Labute approximate surface area is 79.1 Å². The molecule has 0 bridgehead atoms. The molecule has 0 aliphatic carbocycles. The van der Waals surface area contributed by atoms with Gasteiger partial charge in [0, 0.05) is 12.1 Å². The molecule has 1 aromatic heterocycles. The smallest absolute Gasteiger partial charge is 0.361 e. The zero-order chi connectivity index (χ0) is 10.9. The zero-order valence-electron chi connectivity index (χ0n) is 7.85. The maximum atomic E-state index is 12.5. The van der Waals surface area contributed by atoms with Crippen LogP contribution in [0.3, 0.4) is 0 Å². The minimum Gasteiger partial charge on any atom is -0.361 e. The largest absolute Gasteiger partial charge is 0.397 e. The number of nitrogens with two attached hydrogens (primary N) is 1. The Bertz CT molecular complexity index is 299. The first-order chi connectivity index (χ1) is 6.38. The van der Waals surface area contributed by atoms with E-state index in [2.05, 4.69) is 9.68 Å². The normalized spacial score (nSPS) is 14.4. The molecule has 14 heavy (non-hydrogen) atoms. The highest BCUT2D eigenvalue weighted by Gasteiger charge is 2.42. The summed E-state index contributed by atoms with van der Waals surface area (Å²) in [5.74, 6) is -1.51. The monoisotopic (exact) mass is 208 g/mol. The number of rotatable bonds is 2. The average Bonchev–Trinajstić information content (AvgIpc) is 2.34. The van der Waals surface area contributed by atoms with Gasteiger partial charge in [0.25, 0.3) is 0 Å². The van der Waals surface area contributed by atoms with E-state index in [9.17, 15) is 13.2 Å². The molecule has 0 fully saturated rings. The lowest BCUT2D eigenvalue weighted by molar-refractivity contribution is -0.148. The third-order valence-corrected chi connectivity index (χ3v) is 2.07. The van der Waals surface area contributed by atoms with Crippen LogP contribution in [0.5, 0.6) is 0 Å². The number of nitrogens with zero attached hydrogens (tertiary/aromatic N) is 1. The van der Waals surface area contributed by atoms with Gasteiger partial charge < -0.3 is 10.3 Å². The first-order valence-electron chi connectivity index (χ1n) is 4.07. The van der Waals surface area contributed by atoms with Crippen molar-refractivity contribution in [3.8, 4) is 0 Å². The van der Waals surface area contributed by atoms with Gasteiger partial charge in [-0.15, -0.1) is 0 Å². The van der Waals surface area contributed by atoms with E-state index in [-0.39, 0.29) is 17.0 Å². The van der Waals surface area contributed by atoms with Gasteiger partial charge >= 0.3 is 6.18 Å². The van der Waals surface area contributed by atoms with Crippen LogP contribution in [0.4, 0.5) is 13.2 Å². The van der Waals surface area contributed by atoms with Crippen molar-refractivity contribution in [2.75, 3.05) is 6.54 Å². The molecule has 1 rings (SSSR count). The minimum atomic E-state index is -4.35. The van der Waals surface area contributed by atoms with E-state index < -0.39 is 18.6 Å². The molecule has 0 aliphatic heterocycles. The lowest BCUT2D eigenvalue weighted by Crippen LogP contribution is -2.28. The van der Waals surface area contributed by atoms with Crippen molar-refractivity contribution >= 4 is 0 Å². The van der Waals surface area contributed by atoms with E-state index in [1.165, 1.54) is 13.8 Å². The van der Waals surface area contributed by atoms with Crippen molar-refractivity contribution in [2.24, 2.45) is 5.73 Å². The SMILES string of the molecule is Cc1noc(C)c1C(CN)C(F)(F)F. The van der Waals surface area contributed by atoms with Gasteiger partial charge in [-0.3, -0.25) is 0 Å². The van der Waals surface area contributed by atoms with Crippen molar-refractivity contribution in [1.29, 1.82) is 0 Å². The van der Waals surface area contributed by atoms with Gasteiger partial charge in [-0.1, -0.05) is 5.16 Å². The maximum absolute atomic E-state index is 12.5. The molecule has 0 amide bonds. The third kappa shape index (κ3) is 1.89. The highest BCUT2D eigenvalue weighted by Crippen LogP contribution is 2.36. The molecule has 0 saturated heterocycles. The average molecular weight is 208 g/mol. The van der Waals surface area contributed by atoms with Gasteiger partial charge in [-0.05, 0) is 13.8 Å². The summed E-state index contributed by atoms with van der Waals surface area (Å²) in [4.78, 5) is 0. The van der Waals surface area contributed by atoms with Crippen LogP contribution < -0.4 is 5.73 Å². The van der Waals surface area contributed by atoms with Crippen LogP contribution in [0, 0.1) is 13.8 Å². The first kappa shape index (κ1) is 11.0. The fourth-order valence-corrected chi connectivity index (χ4v) is 1.40. The standard InChI is InChI=1S/C8H11F3N2O/c1-4-7(5(2)14-13-4)6(3-12)8(9,10)11/h6H,3,12H2,1-2H3. The third-order valence-electron chi connectivity index (χ3n) is 2.07. The second-order valence-corrected chi connectivity index (χ2v) is 3.07. The summed E-state index contributed by atoms with van der Waals surface area (Å²) >= 11 is 0. The number of alkyl halides is 3. The Morgan fingerprint density at radius 3 is 2.29 bits per heavy atom. The summed E-state index contributed by atoms with van der Waals surface area (Å²) in [6, 6.07) is 0. The Morgan fingerprint density at radius 2 is 2.00 bits per heavy atom. The van der Waals surface area contributed by atoms with Gasteiger partial charge in [0.15, 0.2) is 0 Å². The van der Waals surface area contributed by atoms with Gasteiger partial charge in [-0.25, -0.2) is 0 Å². The molecule has 6 heteroatoms. The predicted octanol–water partition coefficient (Wildman–Crippen LogP) is 1.90. The minimum absolute atomic E-state index is 0.0556. The number of hydrogen-bond acceptors (Lipinski definition) is 3. The van der Waals surface area contributed by atoms with Crippen LogP contribution >= 0.6 is 0 Å². The van der Waals surface area contributed by atoms with Crippen LogP contribution in [-0.2, 0) is 0 Å². The molecule has 0 saturated carbocycles. The van der Waals surface area contributed by atoms with Crippen LogP contribution in [-0.4, -0.2) is 17.9 Å². The molecule has 0 aliphatic rings. The zero-order valence-corrected chi connectivity index (χ0v) is 7.85. The van der Waals surface area contributed by atoms with E-state index >= 15 is 0 Å². The lowest BCUT2D eigenvalue weighted by atomic mass is 9.97. The van der Waals surface area contributed by atoms with Crippen LogP contribution in [0.1, 0.15) is 22.9 Å². The summed E-state index contributed by atoms with van der Waals surface area (Å²) < 4.78 is 42.2. The van der Waals surface area contributed by atoms with E-state index in [4.69, 9.17) is 5.73 Å². The van der Waals surface area contributed by atoms with Gasteiger partial charge in [-0.2, -0.15) is 13.2 Å². The van der Waals surface area contributed by atoms with E-state index in [0.29, 0.717) is 0 Å². The molecule has 80 valence electrons. The van der Waals surface area contributed by atoms with Crippen LogP contribution in [0.15, 0.2) is 4.52 Å². The molecular weight excluding hydrogens is 197 g/mol. The van der Waals surface area contributed by atoms with Crippen molar-refractivity contribution in [1.82, 2.24) is 5.16 Å². The van der Waals surface area contributed by atoms with Crippen molar-refractivity contribution in [3.05, 3.63) is 17.0 Å². The van der Waals surface area contributed by atoms with Crippen LogP contribution in [0.25, 0.3) is 0 Å². The van der Waals surface area contributed by atoms with E-state index in [1.807, 2.05) is 0 Å². The van der Waals surface area contributed by atoms with Crippen molar-refractivity contribution < 1.29 is 17.7 Å². The lowest BCUT2D eigenvalue weighted by Gasteiger charge is -2.17. The Morgan fingerprint density at radius 1 is 1.43 bits per heavy atom. The Balaban J connectivity index is 3.13. The van der Waals surface area contributed by atoms with E-state index in [0.717, 1.165) is 0 Å². The topological polar surface area (TPSA) is 52.0 Å². The van der Waals surface area contributed by atoms with Gasteiger partial charge in [0.1, 0.15) is 5.76 Å². The molecule has 1 aromatic rings. The number of hydrogen-bond donors (Lipinski definition) is 1. The van der Waals surface area contributed by atoms with Crippen molar-refractivity contribution in [3.63, 3.8) is 0 Å². The van der Waals surface area contributed by atoms with Gasteiger partial charge in [0.05, 0.1) is 11.6 Å². The summed E-state index contributed by atoms with van der Waals surface area (Å²) in [5, 5.41) is 3.47. The number of halogens is 3. The summed E-state index contributed by atoms with van der Waals surface area (Å²) in [5.41, 5.74) is 5.40. The second kappa shape index (κ2) is 3.61. The fraction of sp³-hybridized carbons (Fsp3) is 0.625. The second-order valence-electron chi connectivity index (χ2n) is 3.07. The quantitative estimate of drug-likeness (QED) is 0.807.